The van der Waals surface area contributed by atoms with Crippen molar-refractivity contribution < 1.29 is 31.5 Å². The summed E-state index contributed by atoms with van der Waals surface area (Å²) in [5.41, 5.74) is 0.150. The number of alkyl halides is 1. The molecule has 2 aromatic carbocycles. The van der Waals surface area contributed by atoms with Crippen LogP contribution in [-0.4, -0.2) is 54.9 Å². The van der Waals surface area contributed by atoms with E-state index in [4.69, 9.17) is 4.74 Å². The van der Waals surface area contributed by atoms with Gasteiger partial charge in [-0.2, -0.15) is 0 Å². The molecule has 0 radical (unpaired) electrons. The summed E-state index contributed by atoms with van der Waals surface area (Å²) in [7, 11) is -3.80. The molecule has 3 N–H and O–H groups in total. The molecule has 2 aromatic rings. The van der Waals surface area contributed by atoms with Crippen molar-refractivity contribution >= 4 is 21.8 Å². The van der Waals surface area contributed by atoms with E-state index in [9.17, 15) is 22.4 Å². The molecule has 4 aliphatic rings. The van der Waals surface area contributed by atoms with Crippen LogP contribution in [0.2, 0.25) is 0 Å². The summed E-state index contributed by atoms with van der Waals surface area (Å²) >= 11 is 0. The van der Waals surface area contributed by atoms with Gasteiger partial charge in [-0.05, 0) is 100 Å². The predicted octanol–water partition coefficient (Wildman–Crippen LogP) is 5.20. The number of carbonyl (C=O) groups excluding carboxylic acids is 2. The molecule has 1 aliphatic heterocycles. The monoisotopic (exact) mass is 643 g/mol. The Morgan fingerprint density at radius 1 is 1.11 bits per heavy atom. The number of rotatable bonds is 10. The minimum atomic E-state index is -3.80. The summed E-state index contributed by atoms with van der Waals surface area (Å²) < 4.78 is 63.7. The van der Waals surface area contributed by atoms with E-state index in [0.717, 1.165) is 19.3 Å². The summed E-state index contributed by atoms with van der Waals surface area (Å²) in [6.07, 6.45) is 6.04. The van der Waals surface area contributed by atoms with Gasteiger partial charge in [0.1, 0.15) is 17.7 Å². The number of amides is 2. The summed E-state index contributed by atoms with van der Waals surface area (Å²) in [5, 5.41) is 6.17. The Labute approximate surface area is 264 Å². The average Bonchev–Trinajstić information content (AvgIpc) is 3.42. The van der Waals surface area contributed by atoms with Gasteiger partial charge >= 0.3 is 0 Å². The van der Waals surface area contributed by atoms with E-state index in [1.165, 1.54) is 6.07 Å². The van der Waals surface area contributed by atoms with Gasteiger partial charge in [0.2, 0.25) is 21.6 Å². The highest BCUT2D eigenvalue weighted by atomic mass is 32.2. The normalized spacial score (nSPS) is 27.0. The van der Waals surface area contributed by atoms with Gasteiger partial charge in [-0.15, -0.1) is 0 Å². The van der Waals surface area contributed by atoms with Crippen LogP contribution in [0.3, 0.4) is 0 Å². The zero-order valence-electron chi connectivity index (χ0n) is 26.2. The van der Waals surface area contributed by atoms with Gasteiger partial charge in [-0.25, -0.2) is 17.2 Å². The van der Waals surface area contributed by atoms with Gasteiger partial charge < -0.3 is 15.4 Å². The number of carbonyl (C=O) groups is 2. The second-order valence-electron chi connectivity index (χ2n) is 13.9. The Hall–Kier alpha value is -3.05. The molecule has 0 bridgehead atoms. The second kappa shape index (κ2) is 11.6. The molecule has 45 heavy (non-hydrogen) atoms. The van der Waals surface area contributed by atoms with Gasteiger partial charge in [0.15, 0.2) is 0 Å². The van der Waals surface area contributed by atoms with Crippen molar-refractivity contribution in [2.75, 3.05) is 6.54 Å². The second-order valence-corrected chi connectivity index (χ2v) is 16.1. The number of halogens is 2. The minimum absolute atomic E-state index is 0.0380. The van der Waals surface area contributed by atoms with Crippen molar-refractivity contribution in [2.45, 2.75) is 119 Å². The largest absolute Gasteiger partial charge is 0.490 e. The lowest BCUT2D eigenvalue weighted by atomic mass is 9.74. The predicted molar refractivity (Wildman–Crippen MR) is 168 cm³/mol. The van der Waals surface area contributed by atoms with Crippen LogP contribution in [0, 0.1) is 5.82 Å². The summed E-state index contributed by atoms with van der Waals surface area (Å²) in [6.45, 7) is 5.16. The Morgan fingerprint density at radius 2 is 1.87 bits per heavy atom. The average molecular weight is 644 g/mol. The molecule has 4 fully saturated rings. The number of hydrogen-bond donors (Lipinski definition) is 3. The zero-order chi connectivity index (χ0) is 32.2. The van der Waals surface area contributed by atoms with Crippen molar-refractivity contribution in [3.63, 3.8) is 0 Å². The van der Waals surface area contributed by atoms with Crippen molar-refractivity contribution in [3.05, 3.63) is 53.3 Å². The fourth-order valence-corrected chi connectivity index (χ4v) is 8.35. The highest BCUT2D eigenvalue weighted by molar-refractivity contribution is 7.91. The smallest absolute Gasteiger partial charge is 0.259 e. The standard InChI is InChI=1S/C34H43F2N3O5S/c1-4-25-26(7-5-8-28(25)35)27-17-22(21(2)30(40)39-45(42,43)32(3)15-16-32)9-12-29(27)44-24-11-10-23(18-24)38-31(41)34(36)19-33(37-20-34)13-6-14-33/h5,7-9,12,17,21,23-24,37H,4,6,10-11,13-16,18-20H2,1-3H3,(H,38,41)(H,39,40)/t21-,23-,24-,34+/m1/s1. The first kappa shape index (κ1) is 31.9. The molecule has 1 spiro atoms. The maximum Gasteiger partial charge on any atom is 0.259 e. The first-order chi connectivity index (χ1) is 21.3. The topological polar surface area (TPSA) is 114 Å². The van der Waals surface area contributed by atoms with Crippen LogP contribution in [0.4, 0.5) is 8.78 Å². The minimum Gasteiger partial charge on any atom is -0.490 e. The van der Waals surface area contributed by atoms with Crippen LogP contribution in [0.1, 0.15) is 95.6 Å². The fraction of sp³-hybridized carbons (Fsp3) is 0.588. The maximum absolute atomic E-state index is 15.6. The van der Waals surface area contributed by atoms with Gasteiger partial charge in [0.05, 0.1) is 10.7 Å². The molecule has 0 unspecified atom stereocenters. The molecule has 2 amide bonds. The van der Waals surface area contributed by atoms with Crippen LogP contribution in [0.15, 0.2) is 36.4 Å². The van der Waals surface area contributed by atoms with Crippen LogP contribution in [-0.2, 0) is 26.0 Å². The first-order valence-corrected chi connectivity index (χ1v) is 17.6. The molecule has 1 heterocycles. The van der Waals surface area contributed by atoms with E-state index in [-0.39, 0.29) is 36.5 Å². The van der Waals surface area contributed by atoms with E-state index >= 15 is 4.39 Å². The Kier molecular flexibility index (Phi) is 8.25. The lowest BCUT2D eigenvalue weighted by Crippen LogP contribution is -2.49. The lowest BCUT2D eigenvalue weighted by Gasteiger charge is -2.38. The van der Waals surface area contributed by atoms with Gasteiger partial charge in [-0.3, -0.25) is 14.3 Å². The molecule has 1 saturated heterocycles. The van der Waals surface area contributed by atoms with Crippen LogP contribution in [0.5, 0.6) is 5.75 Å². The highest BCUT2D eigenvalue weighted by Crippen LogP contribution is 2.45. The molecule has 6 rings (SSSR count). The van der Waals surface area contributed by atoms with E-state index in [1.54, 1.807) is 44.2 Å². The van der Waals surface area contributed by atoms with Gasteiger partial charge in [-0.1, -0.05) is 25.1 Å². The van der Waals surface area contributed by atoms with Crippen molar-refractivity contribution in [3.8, 4) is 16.9 Å². The molecule has 3 saturated carbocycles. The lowest BCUT2D eigenvalue weighted by molar-refractivity contribution is -0.133. The molecule has 4 atom stereocenters. The molecular weight excluding hydrogens is 600 g/mol. The summed E-state index contributed by atoms with van der Waals surface area (Å²) in [4.78, 5) is 26.1. The molecule has 0 aromatic heterocycles. The van der Waals surface area contributed by atoms with Crippen LogP contribution < -0.4 is 20.1 Å². The SMILES string of the molecule is CCc1c(F)cccc1-c1cc([C@@H](C)C(=O)NS(=O)(=O)C2(C)CC2)ccc1O[C@@H]1CC[C@@H](NC(=O)[C@@]2(F)CNC3(CCC3)C2)C1. The number of hydrogen-bond acceptors (Lipinski definition) is 6. The Bertz CT molecular complexity index is 1610. The van der Waals surface area contributed by atoms with Crippen molar-refractivity contribution in [2.24, 2.45) is 0 Å². The molecule has 11 heteroatoms. The van der Waals surface area contributed by atoms with E-state index in [2.05, 4.69) is 15.4 Å². The third kappa shape index (κ3) is 6.10. The van der Waals surface area contributed by atoms with E-state index in [0.29, 0.717) is 66.5 Å². The third-order valence-electron chi connectivity index (χ3n) is 10.6. The summed E-state index contributed by atoms with van der Waals surface area (Å²) in [6, 6.07) is 9.84. The quantitative estimate of drug-likeness (QED) is 0.328. The fourth-order valence-electron chi connectivity index (χ4n) is 7.02. The molecular formula is C34H43F2N3O5S. The first-order valence-electron chi connectivity index (χ1n) is 16.2. The number of ether oxygens (including phenoxy) is 1. The van der Waals surface area contributed by atoms with E-state index in [1.807, 2.05) is 6.92 Å². The van der Waals surface area contributed by atoms with Crippen molar-refractivity contribution in [1.82, 2.24) is 15.4 Å². The number of benzene rings is 2. The third-order valence-corrected chi connectivity index (χ3v) is 12.8. The number of nitrogens with one attached hydrogen (secondary N) is 3. The Morgan fingerprint density at radius 3 is 2.51 bits per heavy atom. The van der Waals surface area contributed by atoms with Crippen LogP contribution in [0.25, 0.3) is 11.1 Å². The summed E-state index contributed by atoms with van der Waals surface area (Å²) in [5.74, 6) is -1.84. The molecule has 3 aliphatic carbocycles. The van der Waals surface area contributed by atoms with Crippen LogP contribution >= 0.6 is 0 Å². The number of sulfonamides is 1. The van der Waals surface area contributed by atoms with Gasteiger partial charge in [0, 0.05) is 36.5 Å². The Balaban J connectivity index is 1.19. The molecule has 8 nitrogen and oxygen atoms in total. The zero-order valence-corrected chi connectivity index (χ0v) is 27.0. The molecule has 244 valence electrons. The van der Waals surface area contributed by atoms with E-state index < -0.39 is 38.2 Å². The maximum atomic E-state index is 15.6. The highest BCUT2D eigenvalue weighted by Gasteiger charge is 2.55. The van der Waals surface area contributed by atoms with Gasteiger partial charge in [0.25, 0.3) is 5.91 Å². The van der Waals surface area contributed by atoms with Crippen molar-refractivity contribution in [1.29, 1.82) is 0 Å².